The predicted molar refractivity (Wildman–Crippen MR) is 60.2 cm³/mol. The summed E-state index contributed by atoms with van der Waals surface area (Å²) in [5.74, 6) is -0.613. The molecule has 0 aromatic heterocycles. The van der Waals surface area contributed by atoms with Gasteiger partial charge in [-0.25, -0.2) is 9.59 Å². The Bertz CT molecular complexity index is 358. The van der Waals surface area contributed by atoms with Gasteiger partial charge in [-0.05, 0) is 26.0 Å². The third kappa shape index (κ3) is 3.08. The number of rotatable bonds is 3. The minimum absolute atomic E-state index is 0.378. The monoisotopic (exact) mass is 221 g/mol. The molecule has 1 aromatic rings. The first-order valence-corrected chi connectivity index (χ1v) is 5.25. The van der Waals surface area contributed by atoms with E-state index in [1.165, 1.54) is 4.90 Å². The van der Waals surface area contributed by atoms with Crippen molar-refractivity contribution in [2.75, 3.05) is 13.1 Å². The van der Waals surface area contributed by atoms with Gasteiger partial charge in [-0.1, -0.05) is 18.2 Å². The van der Waals surface area contributed by atoms with Gasteiger partial charge in [0.15, 0.2) is 0 Å². The van der Waals surface area contributed by atoms with E-state index in [4.69, 9.17) is 4.74 Å². The van der Waals surface area contributed by atoms with Crippen molar-refractivity contribution in [1.29, 1.82) is 0 Å². The summed E-state index contributed by atoms with van der Waals surface area (Å²) in [6.45, 7) is 4.71. The zero-order valence-corrected chi connectivity index (χ0v) is 9.47. The van der Waals surface area contributed by atoms with Crippen LogP contribution >= 0.6 is 0 Å². The highest BCUT2D eigenvalue weighted by Gasteiger charge is 2.16. The average molecular weight is 221 g/mol. The zero-order valence-electron chi connectivity index (χ0n) is 9.47. The summed E-state index contributed by atoms with van der Waals surface area (Å²) in [4.78, 5) is 24.4. The lowest BCUT2D eigenvalue weighted by Gasteiger charge is -2.16. The molecule has 0 unspecified atom stereocenters. The molecular formula is C12H15NO3. The van der Waals surface area contributed by atoms with Gasteiger partial charge in [0, 0.05) is 13.1 Å². The van der Waals surface area contributed by atoms with Crippen LogP contribution in [0.1, 0.15) is 24.2 Å². The molecule has 0 bridgehead atoms. The van der Waals surface area contributed by atoms with Crippen LogP contribution in [-0.4, -0.2) is 30.1 Å². The fourth-order valence-corrected chi connectivity index (χ4v) is 1.26. The quantitative estimate of drug-likeness (QED) is 0.581. The van der Waals surface area contributed by atoms with Crippen LogP contribution in [0.3, 0.4) is 0 Å². The van der Waals surface area contributed by atoms with Gasteiger partial charge in [0.2, 0.25) is 0 Å². The summed E-state index contributed by atoms with van der Waals surface area (Å²) in [5, 5.41) is 0. The van der Waals surface area contributed by atoms with Crippen molar-refractivity contribution in [2.24, 2.45) is 0 Å². The van der Waals surface area contributed by atoms with Crippen molar-refractivity contribution in [3.8, 4) is 0 Å². The fourth-order valence-electron chi connectivity index (χ4n) is 1.26. The molecule has 0 saturated heterocycles. The van der Waals surface area contributed by atoms with E-state index in [1.807, 2.05) is 13.8 Å². The van der Waals surface area contributed by atoms with E-state index in [-0.39, 0.29) is 0 Å². The molecule has 0 saturated carbocycles. The Balaban J connectivity index is 2.62. The van der Waals surface area contributed by atoms with E-state index in [9.17, 15) is 9.59 Å². The summed E-state index contributed by atoms with van der Waals surface area (Å²) in [5.41, 5.74) is 0.378. The van der Waals surface area contributed by atoms with Crippen LogP contribution in [0.25, 0.3) is 0 Å². The van der Waals surface area contributed by atoms with Crippen molar-refractivity contribution in [3.63, 3.8) is 0 Å². The Morgan fingerprint density at radius 3 is 2.19 bits per heavy atom. The van der Waals surface area contributed by atoms with Crippen molar-refractivity contribution < 1.29 is 14.3 Å². The van der Waals surface area contributed by atoms with Crippen LogP contribution in [0.5, 0.6) is 0 Å². The van der Waals surface area contributed by atoms with Crippen molar-refractivity contribution in [3.05, 3.63) is 35.9 Å². The smallest absolute Gasteiger partial charge is 0.372 e. The lowest BCUT2D eigenvalue weighted by molar-refractivity contribution is 0.0550. The third-order valence-electron chi connectivity index (χ3n) is 2.21. The average Bonchev–Trinajstić information content (AvgIpc) is 2.31. The van der Waals surface area contributed by atoms with Crippen molar-refractivity contribution >= 4 is 12.1 Å². The van der Waals surface area contributed by atoms with Gasteiger partial charge < -0.3 is 9.64 Å². The molecule has 0 fully saturated rings. The van der Waals surface area contributed by atoms with Gasteiger partial charge in [-0.15, -0.1) is 0 Å². The molecule has 0 N–H and O–H groups in total. The first-order chi connectivity index (χ1) is 7.69. The Morgan fingerprint density at radius 2 is 1.69 bits per heavy atom. The maximum Gasteiger partial charge on any atom is 0.417 e. The number of amides is 1. The van der Waals surface area contributed by atoms with Crippen LogP contribution in [0.15, 0.2) is 30.3 Å². The lowest BCUT2D eigenvalue weighted by atomic mass is 10.2. The first kappa shape index (κ1) is 12.2. The normalized spacial score (nSPS) is 9.62. The SMILES string of the molecule is CCN(CC)C(=O)OC(=O)c1ccccc1. The molecule has 1 rings (SSSR count). The van der Waals surface area contributed by atoms with Crippen molar-refractivity contribution in [2.45, 2.75) is 13.8 Å². The Morgan fingerprint density at radius 1 is 1.12 bits per heavy atom. The van der Waals surface area contributed by atoms with Gasteiger partial charge in [0.25, 0.3) is 0 Å². The lowest BCUT2D eigenvalue weighted by Crippen LogP contribution is -2.32. The number of benzene rings is 1. The van der Waals surface area contributed by atoms with Crippen molar-refractivity contribution in [1.82, 2.24) is 4.90 Å². The largest absolute Gasteiger partial charge is 0.417 e. The van der Waals surface area contributed by atoms with E-state index in [1.54, 1.807) is 30.3 Å². The molecule has 0 aliphatic heterocycles. The maximum atomic E-state index is 11.5. The number of carbonyl (C=O) groups is 2. The molecular weight excluding hydrogens is 206 g/mol. The maximum absolute atomic E-state index is 11.5. The molecule has 16 heavy (non-hydrogen) atoms. The number of nitrogens with zero attached hydrogens (tertiary/aromatic N) is 1. The molecule has 1 amide bonds. The molecule has 0 aliphatic carbocycles. The van der Waals surface area contributed by atoms with E-state index >= 15 is 0 Å². The van der Waals surface area contributed by atoms with Crippen LogP contribution < -0.4 is 0 Å². The molecule has 0 heterocycles. The minimum Gasteiger partial charge on any atom is -0.372 e. The zero-order chi connectivity index (χ0) is 12.0. The van der Waals surface area contributed by atoms with Crippen LogP contribution in [0, 0.1) is 0 Å². The van der Waals surface area contributed by atoms with Gasteiger partial charge in [-0.3, -0.25) is 0 Å². The summed E-state index contributed by atoms with van der Waals surface area (Å²) in [6.07, 6.45) is -0.598. The Hall–Kier alpha value is -1.84. The van der Waals surface area contributed by atoms with E-state index < -0.39 is 12.1 Å². The molecule has 0 atom stereocenters. The molecule has 0 spiro atoms. The second-order valence-corrected chi connectivity index (χ2v) is 3.19. The minimum atomic E-state index is -0.613. The Labute approximate surface area is 94.8 Å². The molecule has 4 nitrogen and oxygen atoms in total. The fraction of sp³-hybridized carbons (Fsp3) is 0.333. The number of esters is 1. The second kappa shape index (κ2) is 5.90. The molecule has 0 aliphatic rings. The highest BCUT2D eigenvalue weighted by Crippen LogP contribution is 2.03. The summed E-state index contributed by atoms with van der Waals surface area (Å²) in [6, 6.07) is 8.45. The molecule has 0 radical (unpaired) electrons. The van der Waals surface area contributed by atoms with Gasteiger partial charge >= 0.3 is 12.1 Å². The number of hydrogen-bond donors (Lipinski definition) is 0. The molecule has 86 valence electrons. The van der Waals surface area contributed by atoms with E-state index in [0.717, 1.165) is 0 Å². The summed E-state index contributed by atoms with van der Waals surface area (Å²) >= 11 is 0. The van der Waals surface area contributed by atoms with Crippen LogP contribution in [0.2, 0.25) is 0 Å². The van der Waals surface area contributed by atoms with E-state index in [0.29, 0.717) is 18.7 Å². The topological polar surface area (TPSA) is 46.6 Å². The summed E-state index contributed by atoms with van der Waals surface area (Å²) < 4.78 is 4.73. The Kier molecular flexibility index (Phi) is 4.51. The number of ether oxygens (including phenoxy) is 1. The molecule has 4 heteroatoms. The van der Waals surface area contributed by atoms with Gasteiger partial charge in [0.1, 0.15) is 0 Å². The summed E-state index contributed by atoms with van der Waals surface area (Å²) in [7, 11) is 0. The predicted octanol–water partition coefficient (Wildman–Crippen LogP) is 2.31. The standard InChI is InChI=1S/C12H15NO3/c1-3-13(4-2)12(15)16-11(14)10-8-6-5-7-9-10/h5-9H,3-4H2,1-2H3. The highest BCUT2D eigenvalue weighted by atomic mass is 16.6. The second-order valence-electron chi connectivity index (χ2n) is 3.19. The molecule has 1 aromatic carbocycles. The van der Waals surface area contributed by atoms with E-state index in [2.05, 4.69) is 0 Å². The van der Waals surface area contributed by atoms with Gasteiger partial charge in [-0.2, -0.15) is 0 Å². The first-order valence-electron chi connectivity index (χ1n) is 5.25. The van der Waals surface area contributed by atoms with Crippen LogP contribution in [0.4, 0.5) is 4.79 Å². The highest BCUT2D eigenvalue weighted by molar-refractivity contribution is 5.96. The number of hydrogen-bond acceptors (Lipinski definition) is 3. The third-order valence-corrected chi connectivity index (χ3v) is 2.21. The number of carbonyl (C=O) groups excluding carboxylic acids is 2. The van der Waals surface area contributed by atoms with Gasteiger partial charge in [0.05, 0.1) is 5.56 Å². The van der Waals surface area contributed by atoms with Crippen LogP contribution in [-0.2, 0) is 4.74 Å².